The van der Waals surface area contributed by atoms with Crippen LogP contribution >= 0.6 is 0 Å². The average molecular weight is 301 g/mol. The first-order valence-corrected chi connectivity index (χ1v) is 8.71. The number of carbonyl (C=O) groups is 1. The molecule has 1 unspecified atom stereocenters. The van der Waals surface area contributed by atoms with E-state index in [9.17, 15) is 4.79 Å². The van der Waals surface area contributed by atoms with E-state index in [4.69, 9.17) is 0 Å². The number of rotatable bonds is 5. The van der Waals surface area contributed by atoms with Gasteiger partial charge in [-0.1, -0.05) is 18.9 Å². The summed E-state index contributed by atoms with van der Waals surface area (Å²) in [6, 6.07) is 5.32. The number of aryl methyl sites for hydroxylation is 1. The third-order valence-electron chi connectivity index (χ3n) is 5.08. The topological polar surface area (TPSA) is 45.2 Å². The number of likely N-dealkylation sites (tertiary alicyclic amines) is 1. The van der Waals surface area contributed by atoms with Gasteiger partial charge in [0.25, 0.3) is 0 Å². The van der Waals surface area contributed by atoms with Crippen LogP contribution in [0.1, 0.15) is 57.4 Å². The molecule has 1 aliphatic heterocycles. The van der Waals surface area contributed by atoms with Gasteiger partial charge in [0.15, 0.2) is 0 Å². The number of carbonyl (C=O) groups excluding carboxylic acids is 1. The van der Waals surface area contributed by atoms with Crippen LogP contribution in [0, 0.1) is 0 Å². The number of amides is 1. The molecule has 1 aromatic heterocycles. The number of nitrogens with zero attached hydrogens (tertiary/aromatic N) is 2. The minimum Gasteiger partial charge on any atom is -0.367 e. The number of nitrogens with one attached hydrogen (secondary N) is 1. The van der Waals surface area contributed by atoms with Crippen molar-refractivity contribution in [1.29, 1.82) is 0 Å². The number of hydrogen-bond donors (Lipinski definition) is 1. The van der Waals surface area contributed by atoms with Crippen LogP contribution in [0.4, 0.5) is 5.82 Å². The third kappa shape index (κ3) is 3.79. The van der Waals surface area contributed by atoms with Crippen LogP contribution < -0.4 is 5.32 Å². The zero-order valence-corrected chi connectivity index (χ0v) is 13.6. The van der Waals surface area contributed by atoms with Crippen molar-refractivity contribution < 1.29 is 4.79 Å². The smallest absolute Gasteiger partial charge is 0.219 e. The normalized spacial score (nSPS) is 22.2. The molecule has 0 bridgehead atoms. The second-order valence-electron chi connectivity index (χ2n) is 6.72. The molecule has 120 valence electrons. The molecule has 4 heteroatoms. The van der Waals surface area contributed by atoms with Crippen molar-refractivity contribution in [2.45, 2.75) is 70.4 Å². The molecule has 3 rings (SSSR count). The molecule has 0 aromatic carbocycles. The fraction of sp³-hybridized carbons (Fsp3) is 0.667. The molecule has 1 amide bonds. The summed E-state index contributed by atoms with van der Waals surface area (Å²) in [4.78, 5) is 18.2. The fourth-order valence-corrected chi connectivity index (χ4v) is 3.82. The van der Waals surface area contributed by atoms with Gasteiger partial charge in [-0.25, -0.2) is 4.98 Å². The summed E-state index contributed by atoms with van der Waals surface area (Å²) in [5.41, 5.74) is 1.27. The SMILES string of the molecule is CC(=O)N1CCCC1CCc1ccc(NC2CCCC2)nc1. The summed E-state index contributed by atoms with van der Waals surface area (Å²) in [7, 11) is 0. The van der Waals surface area contributed by atoms with Gasteiger partial charge in [-0.2, -0.15) is 0 Å². The zero-order chi connectivity index (χ0) is 15.4. The highest BCUT2D eigenvalue weighted by Gasteiger charge is 2.25. The van der Waals surface area contributed by atoms with Gasteiger partial charge in [0.05, 0.1) is 0 Å². The average Bonchev–Trinajstić information content (AvgIpc) is 3.17. The van der Waals surface area contributed by atoms with Crippen LogP contribution in [-0.2, 0) is 11.2 Å². The Kier molecular flexibility index (Phi) is 4.96. The van der Waals surface area contributed by atoms with Crippen molar-refractivity contribution in [3.8, 4) is 0 Å². The predicted molar refractivity (Wildman–Crippen MR) is 88.8 cm³/mol. The summed E-state index contributed by atoms with van der Waals surface area (Å²) in [6.45, 7) is 2.62. The predicted octanol–water partition coefficient (Wildman–Crippen LogP) is 3.38. The van der Waals surface area contributed by atoms with Crippen LogP contribution in [0.3, 0.4) is 0 Å². The second-order valence-corrected chi connectivity index (χ2v) is 6.72. The van der Waals surface area contributed by atoms with Gasteiger partial charge >= 0.3 is 0 Å². The first kappa shape index (κ1) is 15.3. The highest BCUT2D eigenvalue weighted by Crippen LogP contribution is 2.23. The Hall–Kier alpha value is -1.58. The Labute approximate surface area is 133 Å². The molecule has 2 heterocycles. The van der Waals surface area contributed by atoms with Gasteiger partial charge in [-0.15, -0.1) is 0 Å². The summed E-state index contributed by atoms with van der Waals surface area (Å²) < 4.78 is 0. The molecule has 1 aliphatic carbocycles. The van der Waals surface area contributed by atoms with Gasteiger partial charge in [-0.3, -0.25) is 4.79 Å². The van der Waals surface area contributed by atoms with Crippen molar-refractivity contribution in [3.63, 3.8) is 0 Å². The number of anilines is 1. The molecule has 1 aromatic rings. The van der Waals surface area contributed by atoms with E-state index in [1.54, 1.807) is 6.92 Å². The molecule has 2 fully saturated rings. The zero-order valence-electron chi connectivity index (χ0n) is 13.6. The Morgan fingerprint density at radius 1 is 1.27 bits per heavy atom. The largest absolute Gasteiger partial charge is 0.367 e. The Balaban J connectivity index is 1.49. The van der Waals surface area contributed by atoms with Crippen LogP contribution in [0.15, 0.2) is 18.3 Å². The number of pyridine rings is 1. The van der Waals surface area contributed by atoms with E-state index in [2.05, 4.69) is 22.4 Å². The van der Waals surface area contributed by atoms with E-state index >= 15 is 0 Å². The molecule has 1 saturated carbocycles. The molecule has 0 radical (unpaired) electrons. The Morgan fingerprint density at radius 3 is 2.77 bits per heavy atom. The molecular formula is C18H27N3O. The molecule has 1 saturated heterocycles. The van der Waals surface area contributed by atoms with Crippen molar-refractivity contribution in [2.24, 2.45) is 0 Å². The first-order chi connectivity index (χ1) is 10.7. The van der Waals surface area contributed by atoms with Gasteiger partial charge in [0, 0.05) is 31.7 Å². The number of hydrogen-bond acceptors (Lipinski definition) is 3. The fourth-order valence-electron chi connectivity index (χ4n) is 3.82. The van der Waals surface area contributed by atoms with E-state index in [0.717, 1.165) is 38.0 Å². The minimum atomic E-state index is 0.219. The molecule has 0 spiro atoms. The standard InChI is InChI=1S/C18H27N3O/c1-14(22)21-12-4-7-17(21)10-8-15-9-11-18(19-13-15)20-16-5-2-3-6-16/h9,11,13,16-17H,2-8,10,12H2,1H3,(H,19,20). The lowest BCUT2D eigenvalue weighted by Crippen LogP contribution is -2.33. The highest BCUT2D eigenvalue weighted by atomic mass is 16.2. The van der Waals surface area contributed by atoms with Crippen molar-refractivity contribution in [2.75, 3.05) is 11.9 Å². The lowest BCUT2D eigenvalue weighted by Gasteiger charge is -2.23. The summed E-state index contributed by atoms with van der Waals surface area (Å²) in [5, 5.41) is 3.52. The lowest BCUT2D eigenvalue weighted by molar-refractivity contribution is -0.129. The van der Waals surface area contributed by atoms with E-state index in [1.165, 1.54) is 31.2 Å². The number of aromatic nitrogens is 1. The molecule has 22 heavy (non-hydrogen) atoms. The van der Waals surface area contributed by atoms with Gasteiger partial charge in [-0.05, 0) is 50.2 Å². The molecular weight excluding hydrogens is 274 g/mol. The molecule has 4 nitrogen and oxygen atoms in total. The maximum Gasteiger partial charge on any atom is 0.219 e. The maximum absolute atomic E-state index is 11.6. The summed E-state index contributed by atoms with van der Waals surface area (Å²) in [5.74, 6) is 1.22. The van der Waals surface area contributed by atoms with Gasteiger partial charge in [0.1, 0.15) is 5.82 Å². The van der Waals surface area contributed by atoms with E-state index in [1.807, 2.05) is 11.1 Å². The van der Waals surface area contributed by atoms with E-state index in [0.29, 0.717) is 12.1 Å². The molecule has 1 N–H and O–H groups in total. The summed E-state index contributed by atoms with van der Waals surface area (Å²) in [6.07, 6.45) is 11.6. The third-order valence-corrected chi connectivity index (χ3v) is 5.08. The van der Waals surface area contributed by atoms with E-state index < -0.39 is 0 Å². The quantitative estimate of drug-likeness (QED) is 0.907. The van der Waals surface area contributed by atoms with E-state index in [-0.39, 0.29) is 5.91 Å². The van der Waals surface area contributed by atoms with Gasteiger partial charge in [0.2, 0.25) is 5.91 Å². The maximum atomic E-state index is 11.6. The van der Waals surface area contributed by atoms with Crippen LogP contribution in [0.2, 0.25) is 0 Å². The summed E-state index contributed by atoms with van der Waals surface area (Å²) >= 11 is 0. The van der Waals surface area contributed by atoms with Gasteiger partial charge < -0.3 is 10.2 Å². The van der Waals surface area contributed by atoms with Crippen molar-refractivity contribution in [3.05, 3.63) is 23.9 Å². The molecule has 1 atom stereocenters. The Morgan fingerprint density at radius 2 is 2.09 bits per heavy atom. The Bertz CT molecular complexity index is 494. The van der Waals surface area contributed by atoms with Crippen LogP contribution in [0.25, 0.3) is 0 Å². The lowest BCUT2D eigenvalue weighted by atomic mass is 10.0. The highest BCUT2D eigenvalue weighted by molar-refractivity contribution is 5.73. The molecule has 2 aliphatic rings. The van der Waals surface area contributed by atoms with Crippen LogP contribution in [-0.4, -0.2) is 34.4 Å². The first-order valence-electron chi connectivity index (χ1n) is 8.71. The van der Waals surface area contributed by atoms with Crippen molar-refractivity contribution >= 4 is 11.7 Å². The van der Waals surface area contributed by atoms with Crippen LogP contribution in [0.5, 0.6) is 0 Å². The monoisotopic (exact) mass is 301 g/mol. The van der Waals surface area contributed by atoms with Crippen molar-refractivity contribution in [1.82, 2.24) is 9.88 Å². The minimum absolute atomic E-state index is 0.219. The second kappa shape index (κ2) is 7.12.